The molecule has 1 amide bonds. The fourth-order valence-corrected chi connectivity index (χ4v) is 1.71. The van der Waals surface area contributed by atoms with E-state index in [-0.39, 0.29) is 0 Å². The summed E-state index contributed by atoms with van der Waals surface area (Å²) < 4.78 is 5.40. The maximum Gasteiger partial charge on any atom is 0.277 e. The summed E-state index contributed by atoms with van der Waals surface area (Å²) in [4.78, 5) is 14.8. The molecule has 2 aromatic heterocycles. The lowest BCUT2D eigenvalue weighted by atomic mass is 10.3. The quantitative estimate of drug-likeness (QED) is 0.816. The second-order valence-corrected chi connectivity index (χ2v) is 4.56. The van der Waals surface area contributed by atoms with Gasteiger partial charge in [0.2, 0.25) is 11.8 Å². The molecule has 0 bridgehead atoms. The first kappa shape index (κ1) is 11.6. The maximum absolute atomic E-state index is 10.9. The van der Waals surface area contributed by atoms with Crippen molar-refractivity contribution >= 4 is 17.7 Å². The van der Waals surface area contributed by atoms with E-state index < -0.39 is 11.2 Å². The largest absolute Gasteiger partial charge is 0.411 e. The Hall–Kier alpha value is -1.89. The van der Waals surface area contributed by atoms with Crippen LogP contribution in [-0.4, -0.2) is 26.3 Å². The normalized spacial score (nSPS) is 12.3. The molecule has 0 aromatic carbocycles. The number of carbonyl (C=O) groups is 1. The number of amides is 1. The number of thioether (sulfide) groups is 1. The van der Waals surface area contributed by atoms with Gasteiger partial charge in [-0.3, -0.25) is 9.78 Å². The Labute approximate surface area is 102 Å². The molecule has 1 atom stereocenters. The van der Waals surface area contributed by atoms with Crippen LogP contribution in [0.4, 0.5) is 0 Å². The van der Waals surface area contributed by atoms with Crippen LogP contribution in [0.25, 0.3) is 11.5 Å². The summed E-state index contributed by atoms with van der Waals surface area (Å²) in [6, 6.07) is 3.53. The van der Waals surface area contributed by atoms with Crippen molar-refractivity contribution in [3.05, 3.63) is 24.5 Å². The predicted octanol–water partition coefficient (Wildman–Crippen LogP) is 1.10. The van der Waals surface area contributed by atoms with Crippen LogP contribution >= 0.6 is 11.8 Å². The molecule has 2 rings (SSSR count). The van der Waals surface area contributed by atoms with E-state index in [1.165, 1.54) is 0 Å². The van der Waals surface area contributed by atoms with Crippen LogP contribution in [-0.2, 0) is 4.79 Å². The minimum absolute atomic E-state index is 0.322. The second kappa shape index (κ2) is 4.96. The Morgan fingerprint density at radius 3 is 2.76 bits per heavy atom. The number of nitrogens with zero attached hydrogens (tertiary/aromatic N) is 3. The van der Waals surface area contributed by atoms with Crippen molar-refractivity contribution in [2.45, 2.75) is 17.4 Å². The maximum atomic E-state index is 10.9. The Balaban J connectivity index is 2.14. The number of primary amides is 1. The molecule has 0 radical (unpaired) electrons. The molecule has 0 aliphatic carbocycles. The van der Waals surface area contributed by atoms with Gasteiger partial charge in [-0.1, -0.05) is 11.8 Å². The van der Waals surface area contributed by atoms with E-state index in [9.17, 15) is 4.79 Å². The van der Waals surface area contributed by atoms with Crippen molar-refractivity contribution in [2.24, 2.45) is 5.73 Å². The number of hydrogen-bond acceptors (Lipinski definition) is 6. The fraction of sp³-hybridized carbons (Fsp3) is 0.200. The zero-order valence-electron chi connectivity index (χ0n) is 9.03. The first-order chi connectivity index (χ1) is 8.16. The van der Waals surface area contributed by atoms with Gasteiger partial charge in [-0.05, 0) is 19.1 Å². The minimum Gasteiger partial charge on any atom is -0.411 e. The van der Waals surface area contributed by atoms with Crippen molar-refractivity contribution in [3.8, 4) is 11.5 Å². The van der Waals surface area contributed by atoms with Crippen LogP contribution < -0.4 is 5.73 Å². The Morgan fingerprint density at radius 1 is 1.41 bits per heavy atom. The molecule has 0 unspecified atom stereocenters. The monoisotopic (exact) mass is 250 g/mol. The van der Waals surface area contributed by atoms with Crippen molar-refractivity contribution < 1.29 is 9.21 Å². The average Bonchev–Trinajstić information content (AvgIpc) is 2.78. The zero-order valence-corrected chi connectivity index (χ0v) is 9.85. The summed E-state index contributed by atoms with van der Waals surface area (Å²) in [5.41, 5.74) is 5.93. The lowest BCUT2D eigenvalue weighted by Gasteiger charge is -2.00. The van der Waals surface area contributed by atoms with E-state index in [0.717, 1.165) is 17.3 Å². The molecule has 88 valence electrons. The number of pyridine rings is 1. The highest BCUT2D eigenvalue weighted by atomic mass is 32.2. The first-order valence-electron chi connectivity index (χ1n) is 4.86. The lowest BCUT2D eigenvalue weighted by molar-refractivity contribution is -0.117. The van der Waals surface area contributed by atoms with Gasteiger partial charge in [-0.15, -0.1) is 10.2 Å². The molecule has 0 saturated heterocycles. The van der Waals surface area contributed by atoms with Crippen LogP contribution in [0.2, 0.25) is 0 Å². The van der Waals surface area contributed by atoms with Crippen molar-refractivity contribution in [1.29, 1.82) is 0 Å². The molecular weight excluding hydrogens is 240 g/mol. The first-order valence-corrected chi connectivity index (χ1v) is 5.74. The highest BCUT2D eigenvalue weighted by molar-refractivity contribution is 8.00. The van der Waals surface area contributed by atoms with Gasteiger partial charge >= 0.3 is 0 Å². The van der Waals surface area contributed by atoms with Gasteiger partial charge in [0.1, 0.15) is 0 Å². The van der Waals surface area contributed by atoms with Gasteiger partial charge in [-0.25, -0.2) is 0 Å². The van der Waals surface area contributed by atoms with Crippen molar-refractivity contribution in [3.63, 3.8) is 0 Å². The minimum atomic E-state index is -0.418. The van der Waals surface area contributed by atoms with Crippen LogP contribution in [0.3, 0.4) is 0 Å². The number of hydrogen-bond donors (Lipinski definition) is 1. The van der Waals surface area contributed by atoms with Gasteiger partial charge < -0.3 is 10.2 Å². The summed E-state index contributed by atoms with van der Waals surface area (Å²) in [5.74, 6) is -0.0229. The predicted molar refractivity (Wildman–Crippen MR) is 62.0 cm³/mol. The van der Waals surface area contributed by atoms with Gasteiger partial charge in [0.25, 0.3) is 5.22 Å². The third-order valence-corrected chi connectivity index (χ3v) is 2.96. The summed E-state index contributed by atoms with van der Waals surface area (Å²) in [6.07, 6.45) is 3.27. The molecule has 2 heterocycles. The molecule has 6 nitrogen and oxygen atoms in total. The molecule has 0 fully saturated rings. The average molecular weight is 250 g/mol. The molecule has 0 spiro atoms. The van der Waals surface area contributed by atoms with Crippen LogP contribution in [0, 0.1) is 0 Å². The molecule has 17 heavy (non-hydrogen) atoms. The Morgan fingerprint density at radius 2 is 2.12 bits per heavy atom. The summed E-state index contributed by atoms with van der Waals surface area (Å²) >= 11 is 1.14. The fourth-order valence-electron chi connectivity index (χ4n) is 1.08. The number of carbonyl (C=O) groups excluding carboxylic acids is 1. The van der Waals surface area contributed by atoms with Gasteiger partial charge in [0, 0.05) is 18.0 Å². The molecule has 2 N–H and O–H groups in total. The third kappa shape index (κ3) is 2.82. The highest BCUT2D eigenvalue weighted by Gasteiger charge is 2.15. The molecule has 7 heteroatoms. The van der Waals surface area contributed by atoms with Gasteiger partial charge in [0.05, 0.1) is 5.25 Å². The van der Waals surface area contributed by atoms with E-state index >= 15 is 0 Å². The zero-order chi connectivity index (χ0) is 12.3. The highest BCUT2D eigenvalue weighted by Crippen LogP contribution is 2.25. The molecule has 0 aliphatic heterocycles. The Kier molecular flexibility index (Phi) is 3.38. The standard InChI is InChI=1S/C10H10N4O2S/c1-6(8(11)15)17-10-14-13-9(16-10)7-2-4-12-5-3-7/h2-6H,1H3,(H2,11,15)/t6-/m0/s1. The van der Waals surface area contributed by atoms with Crippen LogP contribution in [0.1, 0.15) is 6.92 Å². The van der Waals surface area contributed by atoms with E-state index in [4.69, 9.17) is 10.2 Å². The van der Waals surface area contributed by atoms with E-state index in [2.05, 4.69) is 15.2 Å². The topological polar surface area (TPSA) is 94.9 Å². The van der Waals surface area contributed by atoms with Crippen molar-refractivity contribution in [1.82, 2.24) is 15.2 Å². The van der Waals surface area contributed by atoms with Crippen molar-refractivity contribution in [2.75, 3.05) is 0 Å². The van der Waals surface area contributed by atoms with Gasteiger partial charge in [-0.2, -0.15) is 0 Å². The molecule has 0 aliphatic rings. The number of rotatable bonds is 4. The lowest BCUT2D eigenvalue weighted by Crippen LogP contribution is -2.22. The molecule has 2 aromatic rings. The smallest absolute Gasteiger partial charge is 0.277 e. The molecular formula is C10H10N4O2S. The van der Waals surface area contributed by atoms with E-state index in [1.807, 2.05) is 0 Å². The number of nitrogens with two attached hydrogens (primary N) is 1. The third-order valence-electron chi connectivity index (χ3n) is 2.01. The summed E-state index contributed by atoms with van der Waals surface area (Å²) in [6.45, 7) is 1.68. The summed E-state index contributed by atoms with van der Waals surface area (Å²) in [7, 11) is 0. The van der Waals surface area contributed by atoms with E-state index in [0.29, 0.717) is 11.1 Å². The number of aromatic nitrogens is 3. The molecule has 0 saturated carbocycles. The SMILES string of the molecule is C[C@H](Sc1nnc(-c2ccncc2)o1)C(N)=O. The summed E-state index contributed by atoms with van der Waals surface area (Å²) in [5, 5.41) is 7.63. The Bertz CT molecular complexity index is 514. The van der Waals surface area contributed by atoms with Gasteiger partial charge in [0.15, 0.2) is 0 Å². The van der Waals surface area contributed by atoms with Crippen LogP contribution in [0.15, 0.2) is 34.2 Å². The van der Waals surface area contributed by atoms with E-state index in [1.54, 1.807) is 31.5 Å². The van der Waals surface area contributed by atoms with Crippen LogP contribution in [0.5, 0.6) is 0 Å². The second-order valence-electron chi connectivity index (χ2n) is 3.27.